The fraction of sp³-hybridized carbons (Fsp3) is 0.100. The van der Waals surface area contributed by atoms with Gasteiger partial charge in [-0.2, -0.15) is 0 Å². The van der Waals surface area contributed by atoms with E-state index in [0.717, 1.165) is 11.3 Å². The van der Waals surface area contributed by atoms with E-state index in [1.807, 2.05) is 48.5 Å². The predicted molar refractivity (Wildman–Crippen MR) is 105 cm³/mol. The van der Waals surface area contributed by atoms with E-state index in [1.54, 1.807) is 30.8 Å². The zero-order valence-electron chi connectivity index (χ0n) is 14.4. The Kier molecular flexibility index (Phi) is 5.09. The van der Waals surface area contributed by atoms with Gasteiger partial charge in [0.05, 0.1) is 11.4 Å². The molecule has 1 amide bonds. The molecule has 0 aliphatic heterocycles. The molecule has 1 aromatic heterocycles. The van der Waals surface area contributed by atoms with Gasteiger partial charge in [-0.25, -0.2) is 4.68 Å². The second-order valence-corrected chi connectivity index (χ2v) is 6.19. The van der Waals surface area contributed by atoms with E-state index in [4.69, 9.17) is 11.6 Å². The lowest BCUT2D eigenvalue weighted by Gasteiger charge is -2.07. The normalized spacial score (nSPS) is 11.0. The van der Waals surface area contributed by atoms with E-state index < -0.39 is 5.91 Å². The molecule has 3 aromatic rings. The smallest absolute Gasteiger partial charge is 0.295 e. The Morgan fingerprint density at radius 2 is 1.73 bits per heavy atom. The first-order valence-corrected chi connectivity index (χ1v) is 8.44. The molecule has 0 radical (unpaired) electrons. The summed E-state index contributed by atoms with van der Waals surface area (Å²) in [6, 6.07) is 16.5. The number of aromatic nitrogens is 2. The van der Waals surface area contributed by atoms with Gasteiger partial charge in [-0.1, -0.05) is 48.0 Å². The average molecular weight is 368 g/mol. The molecule has 6 heteroatoms. The van der Waals surface area contributed by atoms with E-state index >= 15 is 0 Å². The van der Waals surface area contributed by atoms with E-state index in [0.29, 0.717) is 10.7 Å². The van der Waals surface area contributed by atoms with Crippen LogP contribution in [0.15, 0.2) is 65.5 Å². The van der Waals surface area contributed by atoms with Crippen LogP contribution in [0.5, 0.6) is 0 Å². The molecule has 26 heavy (non-hydrogen) atoms. The highest BCUT2D eigenvalue weighted by atomic mass is 35.5. The summed E-state index contributed by atoms with van der Waals surface area (Å²) in [5.74, 6) is -0.393. The number of amides is 1. The summed E-state index contributed by atoms with van der Waals surface area (Å²) in [5, 5.41) is 3.23. The third kappa shape index (κ3) is 3.48. The molecule has 0 spiro atoms. The van der Waals surface area contributed by atoms with Gasteiger partial charge in [0.15, 0.2) is 0 Å². The van der Waals surface area contributed by atoms with Crippen LogP contribution in [0.4, 0.5) is 5.69 Å². The monoisotopic (exact) mass is 367 g/mol. The summed E-state index contributed by atoms with van der Waals surface area (Å²) in [5.41, 5.74) is 2.10. The number of halogens is 1. The van der Waals surface area contributed by atoms with Gasteiger partial charge in [-0.05, 0) is 36.8 Å². The molecule has 1 N–H and O–H groups in total. The van der Waals surface area contributed by atoms with Crippen molar-refractivity contribution in [2.45, 2.75) is 6.92 Å². The number of nitrogens with zero attached hydrogens (tertiary/aromatic N) is 2. The Hall–Kier alpha value is -3.05. The van der Waals surface area contributed by atoms with Crippen molar-refractivity contribution in [3.63, 3.8) is 0 Å². The van der Waals surface area contributed by atoms with Crippen molar-refractivity contribution in [3.8, 4) is 5.69 Å². The topological polar surface area (TPSA) is 56.0 Å². The molecule has 0 saturated heterocycles. The quantitative estimate of drug-likeness (QED) is 0.713. The third-order valence-electron chi connectivity index (χ3n) is 4.12. The second-order valence-electron chi connectivity index (χ2n) is 5.78. The summed E-state index contributed by atoms with van der Waals surface area (Å²) in [4.78, 5) is 25.0. The summed E-state index contributed by atoms with van der Waals surface area (Å²) in [6.07, 6.45) is 2.98. The maximum Gasteiger partial charge on any atom is 0.295 e. The van der Waals surface area contributed by atoms with Crippen molar-refractivity contribution < 1.29 is 4.79 Å². The predicted octanol–water partition coefficient (Wildman–Crippen LogP) is 3.79. The lowest BCUT2D eigenvalue weighted by Crippen LogP contribution is -2.22. The van der Waals surface area contributed by atoms with Gasteiger partial charge >= 0.3 is 0 Å². The zero-order chi connectivity index (χ0) is 18.7. The van der Waals surface area contributed by atoms with Crippen LogP contribution in [0.3, 0.4) is 0 Å². The number of rotatable bonds is 4. The highest BCUT2D eigenvalue weighted by molar-refractivity contribution is 6.32. The van der Waals surface area contributed by atoms with Gasteiger partial charge in [-0.3, -0.25) is 14.3 Å². The largest absolute Gasteiger partial charge is 0.316 e. The van der Waals surface area contributed by atoms with Gasteiger partial charge in [0.25, 0.3) is 5.56 Å². The Morgan fingerprint density at radius 1 is 1.08 bits per heavy atom. The molecule has 0 saturated carbocycles. The zero-order valence-corrected chi connectivity index (χ0v) is 15.2. The van der Waals surface area contributed by atoms with E-state index in [2.05, 4.69) is 5.32 Å². The molecular weight excluding hydrogens is 350 g/mol. The van der Waals surface area contributed by atoms with Gasteiger partial charge in [0, 0.05) is 18.1 Å². The molecule has 0 fully saturated rings. The molecule has 2 aromatic carbocycles. The van der Waals surface area contributed by atoms with E-state index in [9.17, 15) is 9.59 Å². The van der Waals surface area contributed by atoms with Crippen LogP contribution in [-0.2, 0) is 11.8 Å². The Balaban J connectivity index is 1.88. The maximum atomic E-state index is 12.8. The number of carbonyl (C=O) groups excluding carboxylic acids is 1. The van der Waals surface area contributed by atoms with Crippen LogP contribution < -0.4 is 10.9 Å². The first-order valence-electron chi connectivity index (χ1n) is 8.06. The molecule has 0 atom stereocenters. The Bertz CT molecular complexity index is 1030. The molecule has 1 heterocycles. The Labute approximate surface area is 156 Å². The molecule has 132 valence electrons. The van der Waals surface area contributed by atoms with Crippen molar-refractivity contribution in [2.24, 2.45) is 7.05 Å². The van der Waals surface area contributed by atoms with Crippen LogP contribution in [0.25, 0.3) is 11.8 Å². The van der Waals surface area contributed by atoms with Crippen molar-refractivity contribution in [2.75, 3.05) is 5.32 Å². The number of para-hydroxylation sites is 1. The summed E-state index contributed by atoms with van der Waals surface area (Å²) >= 11 is 6.07. The Morgan fingerprint density at radius 3 is 2.42 bits per heavy atom. The number of nitrogens with one attached hydrogen (secondary N) is 1. The summed E-state index contributed by atoms with van der Waals surface area (Å²) in [6.45, 7) is 1.79. The number of carbonyl (C=O) groups is 1. The molecular formula is C20H18ClN3O2. The van der Waals surface area contributed by atoms with Gasteiger partial charge < -0.3 is 5.32 Å². The minimum atomic E-state index is -0.393. The highest BCUT2D eigenvalue weighted by Crippen LogP contribution is 2.17. The standard InChI is InChI=1S/C20H18ClN3O2/c1-14-19(20(26)24(23(14)2)16-9-4-3-5-10-16)22-18(25)13-12-15-8-6-7-11-17(15)21/h3-13H,1-2H3,(H,22,25). The molecule has 0 aliphatic rings. The minimum absolute atomic E-state index is 0.255. The highest BCUT2D eigenvalue weighted by Gasteiger charge is 2.17. The number of hydrogen-bond donors (Lipinski definition) is 1. The molecule has 5 nitrogen and oxygen atoms in total. The number of hydrogen-bond acceptors (Lipinski definition) is 2. The summed E-state index contributed by atoms with van der Waals surface area (Å²) in [7, 11) is 1.78. The van der Waals surface area contributed by atoms with Crippen LogP contribution in [0.1, 0.15) is 11.3 Å². The first kappa shape index (κ1) is 17.8. The molecule has 0 bridgehead atoms. The van der Waals surface area contributed by atoms with Gasteiger partial charge in [0.1, 0.15) is 5.69 Å². The van der Waals surface area contributed by atoms with Crippen LogP contribution >= 0.6 is 11.6 Å². The second kappa shape index (κ2) is 7.45. The summed E-state index contributed by atoms with van der Waals surface area (Å²) < 4.78 is 3.23. The number of anilines is 1. The van der Waals surface area contributed by atoms with Gasteiger partial charge in [-0.15, -0.1) is 0 Å². The number of benzene rings is 2. The van der Waals surface area contributed by atoms with Gasteiger partial charge in [0.2, 0.25) is 5.91 Å². The van der Waals surface area contributed by atoms with Crippen molar-refractivity contribution in [1.29, 1.82) is 0 Å². The lowest BCUT2D eigenvalue weighted by atomic mass is 10.2. The SMILES string of the molecule is Cc1c(NC(=O)C=Cc2ccccc2Cl)c(=O)n(-c2ccccc2)n1C. The third-order valence-corrected chi connectivity index (χ3v) is 4.47. The minimum Gasteiger partial charge on any atom is -0.316 e. The van der Waals surface area contributed by atoms with Crippen molar-refractivity contribution >= 4 is 29.3 Å². The fourth-order valence-electron chi connectivity index (χ4n) is 2.65. The first-order chi connectivity index (χ1) is 12.5. The molecule has 0 unspecified atom stereocenters. The van der Waals surface area contributed by atoms with Crippen LogP contribution in [0.2, 0.25) is 5.02 Å². The average Bonchev–Trinajstić information content (AvgIpc) is 2.85. The van der Waals surface area contributed by atoms with E-state index in [-0.39, 0.29) is 11.2 Å². The lowest BCUT2D eigenvalue weighted by molar-refractivity contribution is -0.111. The van der Waals surface area contributed by atoms with Crippen molar-refractivity contribution in [1.82, 2.24) is 9.36 Å². The molecule has 0 aliphatic carbocycles. The maximum absolute atomic E-state index is 12.8. The van der Waals surface area contributed by atoms with Crippen LogP contribution in [-0.4, -0.2) is 15.3 Å². The van der Waals surface area contributed by atoms with Crippen molar-refractivity contribution in [3.05, 3.63) is 87.3 Å². The van der Waals surface area contributed by atoms with Crippen LogP contribution in [0, 0.1) is 6.92 Å². The van der Waals surface area contributed by atoms with E-state index in [1.165, 1.54) is 10.8 Å². The fourth-order valence-corrected chi connectivity index (χ4v) is 2.85. The molecule has 3 rings (SSSR count).